The van der Waals surface area contributed by atoms with Crippen LogP contribution < -0.4 is 24.3 Å². The first kappa shape index (κ1) is 15.5. The number of hydrogen-bond donors (Lipinski definition) is 1. The monoisotopic (exact) mass is 315 g/mol. The quantitative estimate of drug-likeness (QED) is 0.888. The van der Waals surface area contributed by atoms with E-state index in [0.29, 0.717) is 31.3 Å². The fraction of sp³-hybridized carbons (Fsp3) is 0.333. The molecule has 1 aliphatic heterocycles. The number of methoxy groups -OCH3 is 2. The van der Waals surface area contributed by atoms with Crippen molar-refractivity contribution in [1.82, 2.24) is 5.32 Å². The van der Waals surface area contributed by atoms with E-state index >= 15 is 0 Å². The molecule has 1 heterocycles. The van der Waals surface area contributed by atoms with Crippen LogP contribution in [0.4, 0.5) is 0 Å². The first-order chi connectivity index (χ1) is 11.3. The molecule has 1 aliphatic rings. The Kier molecular flexibility index (Phi) is 4.88. The van der Waals surface area contributed by atoms with Gasteiger partial charge in [-0.1, -0.05) is 12.1 Å². The van der Waals surface area contributed by atoms with Crippen LogP contribution in [0.1, 0.15) is 11.1 Å². The molecule has 5 heteroatoms. The zero-order chi connectivity index (χ0) is 16.1. The summed E-state index contributed by atoms with van der Waals surface area (Å²) in [7, 11) is 3.31. The molecule has 0 amide bonds. The van der Waals surface area contributed by atoms with Crippen LogP contribution in [0.5, 0.6) is 23.0 Å². The van der Waals surface area contributed by atoms with Crippen molar-refractivity contribution >= 4 is 0 Å². The fourth-order valence-corrected chi connectivity index (χ4v) is 2.56. The third-order valence-electron chi connectivity index (χ3n) is 3.68. The van der Waals surface area contributed by atoms with E-state index < -0.39 is 0 Å². The summed E-state index contributed by atoms with van der Waals surface area (Å²) in [6.45, 7) is 2.59. The molecule has 0 spiro atoms. The van der Waals surface area contributed by atoms with Gasteiger partial charge < -0.3 is 24.3 Å². The molecule has 0 saturated carbocycles. The third-order valence-corrected chi connectivity index (χ3v) is 3.68. The van der Waals surface area contributed by atoms with Crippen molar-refractivity contribution in [2.75, 3.05) is 27.4 Å². The van der Waals surface area contributed by atoms with E-state index in [0.717, 1.165) is 23.6 Å². The van der Waals surface area contributed by atoms with Crippen molar-refractivity contribution in [2.24, 2.45) is 0 Å². The summed E-state index contributed by atoms with van der Waals surface area (Å²) in [4.78, 5) is 0. The predicted molar refractivity (Wildman–Crippen MR) is 87.5 cm³/mol. The van der Waals surface area contributed by atoms with Gasteiger partial charge in [0, 0.05) is 13.1 Å². The van der Waals surface area contributed by atoms with Gasteiger partial charge in [0.05, 0.1) is 14.2 Å². The van der Waals surface area contributed by atoms with Gasteiger partial charge in [-0.15, -0.1) is 0 Å². The minimum Gasteiger partial charge on any atom is -0.497 e. The highest BCUT2D eigenvalue weighted by molar-refractivity contribution is 5.54. The lowest BCUT2D eigenvalue weighted by atomic mass is 10.1. The van der Waals surface area contributed by atoms with Crippen LogP contribution in [-0.4, -0.2) is 27.4 Å². The highest BCUT2D eigenvalue weighted by Crippen LogP contribution is 2.40. The number of hydrogen-bond acceptors (Lipinski definition) is 5. The van der Waals surface area contributed by atoms with Gasteiger partial charge in [0.15, 0.2) is 11.5 Å². The molecule has 0 fully saturated rings. The molecule has 0 radical (unpaired) electrons. The maximum Gasteiger partial charge on any atom is 0.203 e. The molecule has 122 valence electrons. The topological polar surface area (TPSA) is 49.0 Å². The van der Waals surface area contributed by atoms with Crippen molar-refractivity contribution in [3.8, 4) is 23.0 Å². The first-order valence-corrected chi connectivity index (χ1v) is 7.60. The molecule has 3 rings (SSSR count). The second kappa shape index (κ2) is 7.24. The summed E-state index contributed by atoms with van der Waals surface area (Å²) in [5.41, 5.74) is 2.27. The van der Waals surface area contributed by atoms with Crippen LogP contribution in [0.15, 0.2) is 36.4 Å². The van der Waals surface area contributed by atoms with Crippen molar-refractivity contribution in [3.05, 3.63) is 47.5 Å². The van der Waals surface area contributed by atoms with Gasteiger partial charge in [-0.05, 0) is 35.4 Å². The summed E-state index contributed by atoms with van der Waals surface area (Å²) in [5.74, 6) is 3.01. The molecule has 1 N–H and O–H groups in total. The molecule has 0 aliphatic carbocycles. The van der Waals surface area contributed by atoms with Crippen LogP contribution in [-0.2, 0) is 13.1 Å². The predicted octanol–water partition coefficient (Wildman–Crippen LogP) is 2.76. The van der Waals surface area contributed by atoms with E-state index in [2.05, 4.69) is 11.4 Å². The normalized spacial score (nSPS) is 12.8. The number of fused-ring (bicyclic) bond motifs is 1. The average Bonchev–Trinajstić information content (AvgIpc) is 2.61. The minimum atomic E-state index is 0.552. The zero-order valence-electron chi connectivity index (χ0n) is 13.4. The van der Waals surface area contributed by atoms with Crippen LogP contribution in [0.2, 0.25) is 0 Å². The van der Waals surface area contributed by atoms with Crippen molar-refractivity contribution in [1.29, 1.82) is 0 Å². The lowest BCUT2D eigenvalue weighted by Crippen LogP contribution is -2.17. The second-order valence-corrected chi connectivity index (χ2v) is 5.28. The highest BCUT2D eigenvalue weighted by Gasteiger charge is 2.18. The summed E-state index contributed by atoms with van der Waals surface area (Å²) >= 11 is 0. The maximum atomic E-state index is 5.65. The van der Waals surface area contributed by atoms with Crippen molar-refractivity contribution in [3.63, 3.8) is 0 Å². The summed E-state index contributed by atoms with van der Waals surface area (Å²) in [6, 6.07) is 12.0. The Morgan fingerprint density at radius 2 is 1.78 bits per heavy atom. The molecule has 2 aromatic rings. The van der Waals surface area contributed by atoms with E-state index in [-0.39, 0.29) is 0 Å². The molecule has 0 unspecified atom stereocenters. The molecule has 5 nitrogen and oxygen atoms in total. The average molecular weight is 315 g/mol. The lowest BCUT2D eigenvalue weighted by molar-refractivity contribution is 0.165. The molecule has 0 aromatic heterocycles. The van der Waals surface area contributed by atoms with Gasteiger partial charge in [-0.2, -0.15) is 0 Å². The van der Waals surface area contributed by atoms with Crippen LogP contribution in [0, 0.1) is 0 Å². The Bertz CT molecular complexity index is 655. The largest absolute Gasteiger partial charge is 0.497 e. The standard InChI is InChI=1S/C18H21NO4/c1-20-15-5-3-4-13(8-15)11-19-12-14-9-16(21-2)18-17(10-14)22-6-7-23-18/h3-5,8-10,19H,6-7,11-12H2,1-2H3. The number of rotatable bonds is 6. The molecular formula is C18H21NO4. The maximum absolute atomic E-state index is 5.65. The van der Waals surface area contributed by atoms with Gasteiger partial charge >= 0.3 is 0 Å². The summed E-state index contributed by atoms with van der Waals surface area (Å²) in [5, 5.41) is 3.42. The molecular weight excluding hydrogens is 294 g/mol. The van der Waals surface area contributed by atoms with Gasteiger partial charge in [0.2, 0.25) is 5.75 Å². The lowest BCUT2D eigenvalue weighted by Gasteiger charge is -2.21. The van der Waals surface area contributed by atoms with Gasteiger partial charge in [0.25, 0.3) is 0 Å². The second-order valence-electron chi connectivity index (χ2n) is 5.28. The van der Waals surface area contributed by atoms with E-state index in [9.17, 15) is 0 Å². The van der Waals surface area contributed by atoms with Crippen LogP contribution in [0.25, 0.3) is 0 Å². The Labute approximate surface area is 136 Å². The fourth-order valence-electron chi connectivity index (χ4n) is 2.56. The van der Waals surface area contributed by atoms with E-state index in [4.69, 9.17) is 18.9 Å². The summed E-state index contributed by atoms with van der Waals surface area (Å²) in [6.07, 6.45) is 0. The Hall–Kier alpha value is -2.40. The number of ether oxygens (including phenoxy) is 4. The Morgan fingerprint density at radius 3 is 2.61 bits per heavy atom. The van der Waals surface area contributed by atoms with Crippen LogP contribution >= 0.6 is 0 Å². The Morgan fingerprint density at radius 1 is 0.957 bits per heavy atom. The van der Waals surface area contributed by atoms with Crippen molar-refractivity contribution < 1.29 is 18.9 Å². The SMILES string of the molecule is COc1cccc(CNCc2cc(OC)c3c(c2)OCCO3)c1. The smallest absolute Gasteiger partial charge is 0.203 e. The molecule has 0 bridgehead atoms. The van der Waals surface area contributed by atoms with Gasteiger partial charge in [-0.25, -0.2) is 0 Å². The van der Waals surface area contributed by atoms with Gasteiger partial charge in [0.1, 0.15) is 19.0 Å². The van der Waals surface area contributed by atoms with Crippen molar-refractivity contribution in [2.45, 2.75) is 13.1 Å². The van der Waals surface area contributed by atoms with Crippen LogP contribution in [0.3, 0.4) is 0 Å². The minimum absolute atomic E-state index is 0.552. The van der Waals surface area contributed by atoms with E-state index in [1.54, 1.807) is 14.2 Å². The zero-order valence-corrected chi connectivity index (χ0v) is 13.4. The van der Waals surface area contributed by atoms with E-state index in [1.165, 1.54) is 5.56 Å². The summed E-state index contributed by atoms with van der Waals surface area (Å²) < 4.78 is 21.9. The molecule has 0 atom stereocenters. The first-order valence-electron chi connectivity index (χ1n) is 7.60. The van der Waals surface area contributed by atoms with E-state index in [1.807, 2.05) is 30.3 Å². The van der Waals surface area contributed by atoms with Gasteiger partial charge in [-0.3, -0.25) is 0 Å². The third kappa shape index (κ3) is 3.68. The highest BCUT2D eigenvalue weighted by atomic mass is 16.6. The molecule has 23 heavy (non-hydrogen) atoms. The number of benzene rings is 2. The Balaban J connectivity index is 1.66. The molecule has 0 saturated heterocycles. The molecule has 2 aromatic carbocycles. The number of nitrogens with one attached hydrogen (secondary N) is 1.